The van der Waals surface area contributed by atoms with E-state index in [1.165, 1.54) is 14.0 Å². The molecule has 1 aliphatic rings. The number of hydrogen-bond donors (Lipinski definition) is 0. The number of rotatable bonds is 5. The average molecular weight is 449 g/mol. The van der Waals surface area contributed by atoms with Gasteiger partial charge in [0.25, 0.3) is 11.6 Å². The number of carbonyl (C=O) groups is 1. The molecule has 0 spiro atoms. The summed E-state index contributed by atoms with van der Waals surface area (Å²) in [6.07, 6.45) is -3.32. The first-order chi connectivity index (χ1) is 15.3. The molecule has 0 bridgehead atoms. The van der Waals surface area contributed by atoms with E-state index in [-0.39, 0.29) is 47.5 Å². The Morgan fingerprint density at radius 1 is 1.28 bits per heavy atom. The Labute approximate surface area is 182 Å². The van der Waals surface area contributed by atoms with Crippen LogP contribution >= 0.6 is 0 Å². The highest BCUT2D eigenvalue weighted by molar-refractivity contribution is 5.81. The molecule has 1 amide bonds. The fourth-order valence-electron chi connectivity index (χ4n) is 3.96. The van der Waals surface area contributed by atoms with Crippen LogP contribution in [0.25, 0.3) is 11.1 Å². The average Bonchev–Trinajstić information content (AvgIpc) is 3.17. The summed E-state index contributed by atoms with van der Waals surface area (Å²) < 4.78 is 56.8. The van der Waals surface area contributed by atoms with Gasteiger partial charge < -0.3 is 18.9 Å². The van der Waals surface area contributed by atoms with E-state index in [1.807, 2.05) is 0 Å². The molecule has 4 rings (SSSR count). The van der Waals surface area contributed by atoms with Crippen molar-refractivity contribution in [2.24, 2.45) is 0 Å². The Bertz CT molecular complexity index is 1130. The van der Waals surface area contributed by atoms with Crippen LogP contribution in [0.4, 0.5) is 13.2 Å². The molecule has 1 atom stereocenters. The minimum atomic E-state index is -4.57. The Kier molecular flexibility index (Phi) is 5.94. The number of aromatic nitrogens is 2. The van der Waals surface area contributed by atoms with Gasteiger partial charge in [-0.05, 0) is 38.0 Å². The van der Waals surface area contributed by atoms with E-state index in [2.05, 4.69) is 10.1 Å². The first-order valence-corrected chi connectivity index (χ1v) is 10.2. The van der Waals surface area contributed by atoms with Gasteiger partial charge in [0.1, 0.15) is 0 Å². The molecule has 7 nitrogen and oxygen atoms in total. The third kappa shape index (κ3) is 4.35. The smallest absolute Gasteiger partial charge is 0.417 e. The van der Waals surface area contributed by atoms with Crippen LogP contribution in [0.3, 0.4) is 0 Å². The molecule has 3 aromatic rings. The van der Waals surface area contributed by atoms with Crippen LogP contribution in [0, 0.1) is 6.92 Å². The fourth-order valence-corrected chi connectivity index (χ4v) is 3.96. The lowest BCUT2D eigenvalue weighted by Gasteiger charge is -2.32. The molecule has 1 unspecified atom stereocenters. The zero-order valence-electron chi connectivity index (χ0n) is 17.6. The fraction of sp³-hybridized carbons (Fsp3) is 0.409. The van der Waals surface area contributed by atoms with Crippen molar-refractivity contribution in [1.82, 2.24) is 15.0 Å². The number of methoxy groups -OCH3 is 1. The van der Waals surface area contributed by atoms with Gasteiger partial charge >= 0.3 is 6.18 Å². The lowest BCUT2D eigenvalue weighted by atomic mass is 9.92. The first kappa shape index (κ1) is 21.9. The van der Waals surface area contributed by atoms with Gasteiger partial charge in [0.15, 0.2) is 18.1 Å². The largest absolute Gasteiger partial charge is 0.493 e. The van der Waals surface area contributed by atoms with Gasteiger partial charge in [0, 0.05) is 19.0 Å². The number of halogens is 3. The van der Waals surface area contributed by atoms with Crippen LogP contribution in [-0.2, 0) is 11.0 Å². The van der Waals surface area contributed by atoms with Crippen LogP contribution in [0.2, 0.25) is 0 Å². The summed E-state index contributed by atoms with van der Waals surface area (Å²) in [5.74, 6) is 0.346. The van der Waals surface area contributed by atoms with E-state index in [0.29, 0.717) is 30.9 Å². The Morgan fingerprint density at radius 2 is 2.03 bits per heavy atom. The number of benzene rings is 1. The highest BCUT2D eigenvalue weighted by Crippen LogP contribution is 2.38. The number of para-hydroxylation sites is 2. The number of piperidine rings is 1. The Hall–Kier alpha value is -3.30. The number of pyridine rings is 1. The maximum absolute atomic E-state index is 13.7. The van der Waals surface area contributed by atoms with E-state index in [4.69, 9.17) is 14.0 Å². The van der Waals surface area contributed by atoms with Crippen molar-refractivity contribution in [3.8, 4) is 11.5 Å². The summed E-state index contributed by atoms with van der Waals surface area (Å²) in [6, 6.07) is 8.03. The van der Waals surface area contributed by atoms with E-state index < -0.39 is 11.7 Å². The number of amides is 1. The number of nitrogens with zero attached hydrogens (tertiary/aromatic N) is 3. The van der Waals surface area contributed by atoms with Crippen molar-refractivity contribution >= 4 is 17.0 Å². The second kappa shape index (κ2) is 8.68. The highest BCUT2D eigenvalue weighted by Gasteiger charge is 2.37. The molecule has 1 aromatic carbocycles. The Morgan fingerprint density at radius 3 is 2.75 bits per heavy atom. The Balaban J connectivity index is 1.51. The zero-order valence-corrected chi connectivity index (χ0v) is 17.6. The van der Waals surface area contributed by atoms with Crippen LogP contribution in [0.5, 0.6) is 11.5 Å². The number of likely N-dealkylation sites (tertiary alicyclic amines) is 1. The predicted molar refractivity (Wildman–Crippen MR) is 109 cm³/mol. The quantitative estimate of drug-likeness (QED) is 0.577. The molecule has 1 fully saturated rings. The predicted octanol–water partition coefficient (Wildman–Crippen LogP) is 4.34. The number of hydrogen-bond acceptors (Lipinski definition) is 6. The van der Waals surface area contributed by atoms with E-state index in [9.17, 15) is 18.0 Å². The molecule has 3 heterocycles. The molecule has 1 saturated heterocycles. The molecule has 10 heteroatoms. The summed E-state index contributed by atoms with van der Waals surface area (Å²) in [6.45, 7) is 2.00. The minimum absolute atomic E-state index is 0.129. The third-order valence-electron chi connectivity index (χ3n) is 5.55. The van der Waals surface area contributed by atoms with E-state index in [1.54, 1.807) is 29.2 Å². The summed E-state index contributed by atoms with van der Waals surface area (Å²) in [5, 5.41) is 3.51. The van der Waals surface area contributed by atoms with E-state index >= 15 is 0 Å². The van der Waals surface area contributed by atoms with Crippen LogP contribution in [0.1, 0.15) is 35.7 Å². The molecule has 32 heavy (non-hydrogen) atoms. The maximum Gasteiger partial charge on any atom is 0.417 e. The van der Waals surface area contributed by atoms with Crippen molar-refractivity contribution < 1.29 is 32.0 Å². The third-order valence-corrected chi connectivity index (χ3v) is 5.55. The molecule has 1 aliphatic heterocycles. The summed E-state index contributed by atoms with van der Waals surface area (Å²) >= 11 is 0. The molecule has 0 aliphatic carbocycles. The van der Waals surface area contributed by atoms with Crippen molar-refractivity contribution in [3.63, 3.8) is 0 Å². The number of aryl methyl sites for hydroxylation is 1. The SMILES string of the molecule is COc1ccccc1OCC(=O)N1CCCC(c2cc(C(F)(F)F)c3c(C)noc3n2)C1. The summed E-state index contributed by atoms with van der Waals surface area (Å²) in [7, 11) is 1.51. The summed E-state index contributed by atoms with van der Waals surface area (Å²) in [4.78, 5) is 18.6. The molecule has 0 N–H and O–H groups in total. The molecular formula is C22H22F3N3O4. The molecule has 170 valence electrons. The topological polar surface area (TPSA) is 77.7 Å². The second-order valence-corrected chi connectivity index (χ2v) is 7.66. The van der Waals surface area contributed by atoms with Gasteiger partial charge in [-0.3, -0.25) is 4.79 Å². The van der Waals surface area contributed by atoms with Crippen molar-refractivity contribution in [3.05, 3.63) is 47.3 Å². The standard InChI is InChI=1S/C22H22F3N3O4/c1-13-20-15(22(23,24)25)10-16(26-21(20)32-27-13)14-6-5-9-28(11-14)19(29)12-31-18-8-4-3-7-17(18)30-2/h3-4,7-8,10,14H,5-6,9,11-12H2,1-2H3. The zero-order chi connectivity index (χ0) is 22.9. The van der Waals surface area contributed by atoms with E-state index in [0.717, 1.165) is 6.07 Å². The van der Waals surface area contributed by atoms with Gasteiger partial charge in [0.05, 0.1) is 29.4 Å². The van der Waals surface area contributed by atoms with Crippen molar-refractivity contribution in [2.75, 3.05) is 26.8 Å². The molecular weight excluding hydrogens is 427 g/mol. The van der Waals surface area contributed by atoms with Crippen LogP contribution < -0.4 is 9.47 Å². The number of carbonyl (C=O) groups excluding carboxylic acids is 1. The monoisotopic (exact) mass is 449 g/mol. The molecule has 0 saturated carbocycles. The highest BCUT2D eigenvalue weighted by atomic mass is 19.4. The summed E-state index contributed by atoms with van der Waals surface area (Å²) in [5.41, 5.74) is -0.584. The number of alkyl halides is 3. The maximum atomic E-state index is 13.7. The van der Waals surface area contributed by atoms with Crippen molar-refractivity contribution in [2.45, 2.75) is 31.9 Å². The normalized spacial score (nSPS) is 16.9. The first-order valence-electron chi connectivity index (χ1n) is 10.2. The van der Waals surface area contributed by atoms with Gasteiger partial charge in [-0.15, -0.1) is 0 Å². The second-order valence-electron chi connectivity index (χ2n) is 7.66. The lowest BCUT2D eigenvalue weighted by Crippen LogP contribution is -2.41. The lowest BCUT2D eigenvalue weighted by molar-refractivity contribution is -0.137. The van der Waals surface area contributed by atoms with Gasteiger partial charge in [0.2, 0.25) is 0 Å². The van der Waals surface area contributed by atoms with Crippen LogP contribution in [0.15, 0.2) is 34.9 Å². The van der Waals surface area contributed by atoms with Crippen molar-refractivity contribution in [1.29, 1.82) is 0 Å². The molecule has 2 aromatic heterocycles. The number of fused-ring (bicyclic) bond motifs is 1. The van der Waals surface area contributed by atoms with Crippen LogP contribution in [-0.4, -0.2) is 47.8 Å². The van der Waals surface area contributed by atoms with Gasteiger partial charge in [-0.1, -0.05) is 17.3 Å². The van der Waals surface area contributed by atoms with Gasteiger partial charge in [-0.2, -0.15) is 13.2 Å². The minimum Gasteiger partial charge on any atom is -0.493 e. The number of ether oxygens (including phenoxy) is 2. The molecule has 0 radical (unpaired) electrons. The van der Waals surface area contributed by atoms with Gasteiger partial charge in [-0.25, -0.2) is 4.98 Å².